The third kappa shape index (κ3) is 4.54. The molecule has 0 saturated carbocycles. The van der Waals surface area contributed by atoms with Gasteiger partial charge in [0.1, 0.15) is 5.69 Å². The molecule has 2 heterocycles. The van der Waals surface area contributed by atoms with E-state index in [9.17, 15) is 4.79 Å². The smallest absolute Gasteiger partial charge is 0.272 e. The summed E-state index contributed by atoms with van der Waals surface area (Å²) >= 11 is 12.2. The van der Waals surface area contributed by atoms with E-state index in [1.807, 2.05) is 12.1 Å². The highest BCUT2D eigenvalue weighted by Crippen LogP contribution is 2.30. The van der Waals surface area contributed by atoms with Crippen LogP contribution < -0.4 is 5.32 Å². The molecule has 1 N–H and O–H groups in total. The van der Waals surface area contributed by atoms with E-state index in [1.54, 1.807) is 42.4 Å². The van der Waals surface area contributed by atoms with Crippen molar-refractivity contribution in [2.75, 3.05) is 33.3 Å². The largest absolute Gasteiger partial charge is 0.374 e. The number of nitrogens with zero attached hydrogens (tertiary/aromatic N) is 2. The lowest BCUT2D eigenvalue weighted by Gasteiger charge is -2.29. The molecule has 26 heavy (non-hydrogen) atoms. The van der Waals surface area contributed by atoms with Crippen LogP contribution in [0, 0.1) is 0 Å². The van der Waals surface area contributed by atoms with Crippen LogP contribution >= 0.6 is 23.2 Å². The summed E-state index contributed by atoms with van der Waals surface area (Å²) in [5.74, 6) is -0.0643. The first-order chi connectivity index (χ1) is 12.6. The first kappa shape index (κ1) is 19.1. The molecule has 1 fully saturated rings. The predicted octanol–water partition coefficient (Wildman–Crippen LogP) is 3.23. The number of rotatable bonds is 4. The molecule has 2 atom stereocenters. The van der Waals surface area contributed by atoms with Crippen molar-refractivity contribution in [1.82, 2.24) is 15.2 Å². The SMILES string of the molecule is CN(CC1OCCNCC1c1ccc(Cl)c(Cl)c1)C(=O)c1ccccn1. The number of carbonyl (C=O) groups is 1. The standard InChI is InChI=1S/C19H21Cl2N3O2/c1-24(19(25)17-4-2-3-7-23-17)12-18-14(11-22-8-9-26-18)13-5-6-15(20)16(21)10-13/h2-7,10,14,18,22H,8-9,11-12H2,1H3. The number of halogens is 2. The van der Waals surface area contributed by atoms with E-state index in [-0.39, 0.29) is 17.9 Å². The second-order valence-electron chi connectivity index (χ2n) is 6.29. The highest BCUT2D eigenvalue weighted by atomic mass is 35.5. The molecule has 1 amide bonds. The summed E-state index contributed by atoms with van der Waals surface area (Å²) in [5, 5.41) is 4.42. The molecular formula is C19H21Cl2N3O2. The molecule has 2 aromatic rings. The van der Waals surface area contributed by atoms with Crippen LogP contribution in [0.2, 0.25) is 10.0 Å². The molecule has 0 radical (unpaired) electrons. The highest BCUT2D eigenvalue weighted by molar-refractivity contribution is 6.42. The van der Waals surface area contributed by atoms with Gasteiger partial charge in [-0.15, -0.1) is 0 Å². The monoisotopic (exact) mass is 393 g/mol. The number of nitrogens with one attached hydrogen (secondary N) is 1. The molecule has 1 aliphatic rings. The Morgan fingerprint density at radius 2 is 2.15 bits per heavy atom. The van der Waals surface area contributed by atoms with Crippen LogP contribution in [0.15, 0.2) is 42.6 Å². The Kier molecular flexibility index (Phi) is 6.48. The Morgan fingerprint density at radius 3 is 2.88 bits per heavy atom. The molecule has 5 nitrogen and oxygen atoms in total. The van der Waals surface area contributed by atoms with Gasteiger partial charge in [0.05, 0.1) is 22.8 Å². The fraction of sp³-hybridized carbons (Fsp3) is 0.368. The average Bonchev–Trinajstić information content (AvgIpc) is 2.89. The zero-order valence-electron chi connectivity index (χ0n) is 14.5. The minimum atomic E-state index is -0.153. The van der Waals surface area contributed by atoms with Gasteiger partial charge in [-0.25, -0.2) is 0 Å². The fourth-order valence-electron chi connectivity index (χ4n) is 3.08. The van der Waals surface area contributed by atoms with Crippen LogP contribution in [-0.4, -0.2) is 55.2 Å². The van der Waals surface area contributed by atoms with Crippen LogP contribution in [0.3, 0.4) is 0 Å². The first-order valence-electron chi connectivity index (χ1n) is 8.50. The Balaban J connectivity index is 1.78. The molecule has 1 aliphatic heterocycles. The van der Waals surface area contributed by atoms with Crippen molar-refractivity contribution < 1.29 is 9.53 Å². The Bertz CT molecular complexity index is 758. The lowest BCUT2D eigenvalue weighted by Crippen LogP contribution is -2.40. The number of hydrogen-bond donors (Lipinski definition) is 1. The van der Waals surface area contributed by atoms with Gasteiger partial charge in [0, 0.05) is 38.8 Å². The lowest BCUT2D eigenvalue weighted by atomic mass is 9.92. The number of hydrogen-bond acceptors (Lipinski definition) is 4. The van der Waals surface area contributed by atoms with Gasteiger partial charge in [0.15, 0.2) is 0 Å². The maximum Gasteiger partial charge on any atom is 0.272 e. The fourth-order valence-corrected chi connectivity index (χ4v) is 3.39. The Morgan fingerprint density at radius 1 is 1.31 bits per heavy atom. The second-order valence-corrected chi connectivity index (χ2v) is 7.11. The van der Waals surface area contributed by atoms with Crippen molar-refractivity contribution in [3.8, 4) is 0 Å². The molecule has 0 bridgehead atoms. The van der Waals surface area contributed by atoms with Gasteiger partial charge in [-0.3, -0.25) is 9.78 Å². The van der Waals surface area contributed by atoms with E-state index in [0.29, 0.717) is 28.9 Å². The minimum Gasteiger partial charge on any atom is -0.374 e. The lowest BCUT2D eigenvalue weighted by molar-refractivity contribution is 0.0268. The maximum absolute atomic E-state index is 12.6. The van der Waals surface area contributed by atoms with E-state index < -0.39 is 0 Å². The van der Waals surface area contributed by atoms with Gasteiger partial charge in [0.25, 0.3) is 5.91 Å². The number of aromatic nitrogens is 1. The number of pyridine rings is 1. The normalized spacial score (nSPS) is 20.4. The predicted molar refractivity (Wildman–Crippen MR) is 103 cm³/mol. The number of likely N-dealkylation sites (N-methyl/N-ethyl adjacent to an activating group) is 1. The summed E-state index contributed by atoms with van der Waals surface area (Å²) in [6, 6.07) is 10.9. The zero-order chi connectivity index (χ0) is 18.5. The van der Waals surface area contributed by atoms with Crippen molar-refractivity contribution in [3.63, 3.8) is 0 Å². The van der Waals surface area contributed by atoms with Gasteiger partial charge in [0.2, 0.25) is 0 Å². The summed E-state index contributed by atoms with van der Waals surface area (Å²) in [6.45, 7) is 2.57. The molecule has 138 valence electrons. The van der Waals surface area contributed by atoms with Gasteiger partial charge in [-0.05, 0) is 29.8 Å². The van der Waals surface area contributed by atoms with Crippen molar-refractivity contribution in [3.05, 3.63) is 63.9 Å². The number of carbonyl (C=O) groups excluding carboxylic acids is 1. The van der Waals surface area contributed by atoms with E-state index >= 15 is 0 Å². The molecule has 1 aromatic carbocycles. The highest BCUT2D eigenvalue weighted by Gasteiger charge is 2.29. The van der Waals surface area contributed by atoms with Gasteiger partial charge in [-0.1, -0.05) is 35.3 Å². The van der Waals surface area contributed by atoms with Crippen LogP contribution in [-0.2, 0) is 4.74 Å². The van der Waals surface area contributed by atoms with Crippen LogP contribution in [0.25, 0.3) is 0 Å². The molecule has 1 aromatic heterocycles. The maximum atomic E-state index is 12.6. The molecule has 0 spiro atoms. The van der Waals surface area contributed by atoms with E-state index in [1.165, 1.54) is 0 Å². The minimum absolute atomic E-state index is 0.0613. The van der Waals surface area contributed by atoms with Crippen molar-refractivity contribution in [1.29, 1.82) is 0 Å². The summed E-state index contributed by atoms with van der Waals surface area (Å²) in [6.07, 6.45) is 1.46. The zero-order valence-corrected chi connectivity index (χ0v) is 16.0. The Hall–Kier alpha value is -1.66. The third-order valence-corrected chi connectivity index (χ3v) is 5.22. The average molecular weight is 394 g/mol. The van der Waals surface area contributed by atoms with Crippen molar-refractivity contribution in [2.24, 2.45) is 0 Å². The summed E-state index contributed by atoms with van der Waals surface area (Å²) in [5.41, 5.74) is 1.46. The Labute approximate surface area is 163 Å². The van der Waals surface area contributed by atoms with E-state index in [2.05, 4.69) is 10.3 Å². The summed E-state index contributed by atoms with van der Waals surface area (Å²) in [7, 11) is 1.77. The molecule has 1 saturated heterocycles. The molecule has 7 heteroatoms. The van der Waals surface area contributed by atoms with Crippen molar-refractivity contribution in [2.45, 2.75) is 12.0 Å². The third-order valence-electron chi connectivity index (χ3n) is 4.48. The summed E-state index contributed by atoms with van der Waals surface area (Å²) in [4.78, 5) is 18.4. The second kappa shape index (κ2) is 8.82. The first-order valence-corrected chi connectivity index (χ1v) is 9.25. The molecule has 3 rings (SSSR count). The van der Waals surface area contributed by atoms with Crippen LogP contribution in [0.1, 0.15) is 22.0 Å². The van der Waals surface area contributed by atoms with E-state index in [4.69, 9.17) is 27.9 Å². The van der Waals surface area contributed by atoms with Gasteiger partial charge >= 0.3 is 0 Å². The number of amides is 1. The molecule has 0 aliphatic carbocycles. The van der Waals surface area contributed by atoms with E-state index in [0.717, 1.165) is 18.7 Å². The number of benzene rings is 1. The molecular weight excluding hydrogens is 373 g/mol. The van der Waals surface area contributed by atoms with Crippen molar-refractivity contribution >= 4 is 29.1 Å². The van der Waals surface area contributed by atoms with Gasteiger partial charge in [-0.2, -0.15) is 0 Å². The van der Waals surface area contributed by atoms with Crippen LogP contribution in [0.4, 0.5) is 0 Å². The molecule has 2 unspecified atom stereocenters. The summed E-state index contributed by atoms with van der Waals surface area (Å²) < 4.78 is 6.04. The quantitative estimate of drug-likeness (QED) is 0.865. The van der Waals surface area contributed by atoms with Gasteiger partial charge < -0.3 is 15.0 Å². The van der Waals surface area contributed by atoms with Crippen LogP contribution in [0.5, 0.6) is 0 Å². The topological polar surface area (TPSA) is 54.5 Å². The number of ether oxygens (including phenoxy) is 1.